The Morgan fingerprint density at radius 2 is 1.77 bits per heavy atom. The molecule has 0 saturated carbocycles. The van der Waals surface area contributed by atoms with Gasteiger partial charge in [0.1, 0.15) is 5.82 Å². The molecule has 2 aromatic carbocycles. The molecule has 0 spiro atoms. The van der Waals surface area contributed by atoms with Gasteiger partial charge >= 0.3 is 6.18 Å². The highest BCUT2D eigenvalue weighted by molar-refractivity contribution is 5.90. The second-order valence-electron chi connectivity index (χ2n) is 6.40. The molecule has 30 heavy (non-hydrogen) atoms. The second kappa shape index (κ2) is 8.89. The number of nitrogens with one attached hydrogen (secondary N) is 1. The van der Waals surface area contributed by atoms with Gasteiger partial charge in [-0.25, -0.2) is 4.68 Å². The normalized spacial score (nSPS) is 11.2. The minimum Gasteiger partial charge on any atom is -0.493 e. The van der Waals surface area contributed by atoms with E-state index in [9.17, 15) is 18.0 Å². The number of para-hydroxylation sites is 3. The van der Waals surface area contributed by atoms with Crippen LogP contribution < -0.4 is 14.8 Å². The predicted octanol–water partition coefficient (Wildman–Crippen LogP) is 4.62. The Balaban J connectivity index is 1.72. The van der Waals surface area contributed by atoms with Crippen LogP contribution in [-0.4, -0.2) is 29.4 Å². The summed E-state index contributed by atoms with van der Waals surface area (Å²) >= 11 is 0. The van der Waals surface area contributed by atoms with Crippen molar-refractivity contribution < 1.29 is 27.4 Å². The molecule has 0 aliphatic heterocycles. The summed E-state index contributed by atoms with van der Waals surface area (Å²) in [7, 11) is 1.51. The molecule has 0 unspecified atom stereocenters. The topological polar surface area (TPSA) is 65.4 Å². The minimum absolute atomic E-state index is 0.0107. The summed E-state index contributed by atoms with van der Waals surface area (Å²) in [5.41, 5.74) is -0.547. The van der Waals surface area contributed by atoms with Gasteiger partial charge in [0.05, 0.1) is 37.1 Å². The second-order valence-corrected chi connectivity index (χ2v) is 6.40. The quantitative estimate of drug-likeness (QED) is 0.607. The maximum absolute atomic E-state index is 13.4. The average molecular weight is 419 g/mol. The number of hydrogen-bond acceptors (Lipinski definition) is 4. The molecular weight excluding hydrogens is 399 g/mol. The Bertz CT molecular complexity index is 1030. The lowest BCUT2D eigenvalue weighted by molar-refractivity contribution is -0.137. The number of alkyl halides is 3. The van der Waals surface area contributed by atoms with Crippen molar-refractivity contribution in [2.75, 3.05) is 19.0 Å². The molecule has 1 amide bonds. The van der Waals surface area contributed by atoms with Crippen LogP contribution in [0.25, 0.3) is 5.69 Å². The standard InChI is InChI=1S/C21H20F3N3O3/c1-14-13-19(27(26-14)16-8-4-3-7-15(16)21(22,23)24)25-20(28)11-12-30-18-10-6-5-9-17(18)29-2/h3-10,13H,11-12H2,1-2H3,(H,25,28). The van der Waals surface area contributed by atoms with Gasteiger partial charge in [-0.05, 0) is 31.2 Å². The average Bonchev–Trinajstić information content (AvgIpc) is 3.07. The highest BCUT2D eigenvalue weighted by Crippen LogP contribution is 2.34. The largest absolute Gasteiger partial charge is 0.493 e. The Morgan fingerprint density at radius 3 is 2.47 bits per heavy atom. The number of anilines is 1. The van der Waals surface area contributed by atoms with Gasteiger partial charge in [-0.2, -0.15) is 18.3 Å². The van der Waals surface area contributed by atoms with E-state index in [1.54, 1.807) is 31.2 Å². The third-order valence-electron chi connectivity index (χ3n) is 4.19. The lowest BCUT2D eigenvalue weighted by Crippen LogP contribution is -2.19. The van der Waals surface area contributed by atoms with Gasteiger partial charge in [-0.3, -0.25) is 4.79 Å². The number of benzene rings is 2. The van der Waals surface area contributed by atoms with Crippen LogP contribution in [-0.2, 0) is 11.0 Å². The fourth-order valence-electron chi connectivity index (χ4n) is 2.87. The minimum atomic E-state index is -4.56. The molecule has 6 nitrogen and oxygen atoms in total. The molecule has 3 aromatic rings. The van der Waals surface area contributed by atoms with Crippen molar-refractivity contribution in [3.63, 3.8) is 0 Å². The Kier molecular flexibility index (Phi) is 6.29. The monoisotopic (exact) mass is 419 g/mol. The summed E-state index contributed by atoms with van der Waals surface area (Å²) < 4.78 is 51.9. The van der Waals surface area contributed by atoms with E-state index in [-0.39, 0.29) is 24.5 Å². The Hall–Kier alpha value is -3.49. The molecule has 3 rings (SSSR count). The number of carbonyl (C=O) groups excluding carboxylic acids is 1. The van der Waals surface area contributed by atoms with E-state index in [1.165, 1.54) is 31.4 Å². The number of ether oxygens (including phenoxy) is 2. The van der Waals surface area contributed by atoms with Gasteiger partial charge < -0.3 is 14.8 Å². The van der Waals surface area contributed by atoms with Crippen LogP contribution in [0, 0.1) is 6.92 Å². The molecule has 1 aromatic heterocycles. The van der Waals surface area contributed by atoms with Crippen molar-refractivity contribution >= 4 is 11.7 Å². The van der Waals surface area contributed by atoms with Crippen molar-refractivity contribution in [3.05, 3.63) is 65.9 Å². The summed E-state index contributed by atoms with van der Waals surface area (Å²) in [6, 6.07) is 13.6. The summed E-state index contributed by atoms with van der Waals surface area (Å²) in [5, 5.41) is 6.72. The Labute approximate surface area is 171 Å². The maximum Gasteiger partial charge on any atom is 0.418 e. The molecule has 0 saturated heterocycles. The molecule has 0 bridgehead atoms. The zero-order valence-electron chi connectivity index (χ0n) is 16.4. The molecule has 0 aliphatic carbocycles. The van der Waals surface area contributed by atoms with E-state index >= 15 is 0 Å². The number of halogens is 3. The first-order chi connectivity index (χ1) is 14.3. The van der Waals surface area contributed by atoms with Crippen molar-refractivity contribution in [3.8, 4) is 17.2 Å². The van der Waals surface area contributed by atoms with Gasteiger partial charge in [-0.15, -0.1) is 0 Å². The van der Waals surface area contributed by atoms with Gasteiger partial charge in [0.2, 0.25) is 5.91 Å². The number of aromatic nitrogens is 2. The number of amides is 1. The lowest BCUT2D eigenvalue weighted by atomic mass is 10.1. The third-order valence-corrected chi connectivity index (χ3v) is 4.19. The number of aryl methyl sites for hydroxylation is 1. The van der Waals surface area contributed by atoms with Crippen LogP contribution in [0.3, 0.4) is 0 Å². The zero-order chi connectivity index (χ0) is 21.7. The van der Waals surface area contributed by atoms with Gasteiger partial charge in [0, 0.05) is 6.07 Å². The van der Waals surface area contributed by atoms with Gasteiger partial charge in [0.25, 0.3) is 0 Å². The van der Waals surface area contributed by atoms with Crippen LogP contribution >= 0.6 is 0 Å². The fourth-order valence-corrected chi connectivity index (χ4v) is 2.87. The molecule has 1 N–H and O–H groups in total. The van der Waals surface area contributed by atoms with E-state index in [0.717, 1.165) is 10.7 Å². The fraction of sp³-hybridized carbons (Fsp3) is 0.238. The van der Waals surface area contributed by atoms with Crippen LogP contribution in [0.15, 0.2) is 54.6 Å². The van der Waals surface area contributed by atoms with Gasteiger partial charge in [-0.1, -0.05) is 24.3 Å². The number of carbonyl (C=O) groups is 1. The highest BCUT2D eigenvalue weighted by Gasteiger charge is 2.34. The number of methoxy groups -OCH3 is 1. The van der Waals surface area contributed by atoms with E-state index < -0.39 is 17.6 Å². The van der Waals surface area contributed by atoms with Crippen LogP contribution in [0.1, 0.15) is 17.7 Å². The summed E-state index contributed by atoms with van der Waals surface area (Å²) in [5.74, 6) is 0.755. The number of rotatable bonds is 7. The van der Waals surface area contributed by atoms with Crippen LogP contribution in [0.2, 0.25) is 0 Å². The summed E-state index contributed by atoms with van der Waals surface area (Å²) in [6.07, 6.45) is -4.57. The summed E-state index contributed by atoms with van der Waals surface area (Å²) in [4.78, 5) is 12.3. The first-order valence-corrected chi connectivity index (χ1v) is 9.08. The van der Waals surface area contributed by atoms with Crippen molar-refractivity contribution in [2.45, 2.75) is 19.5 Å². The molecule has 0 aliphatic rings. The molecule has 1 heterocycles. The molecule has 0 radical (unpaired) electrons. The zero-order valence-corrected chi connectivity index (χ0v) is 16.4. The summed E-state index contributed by atoms with van der Waals surface area (Å²) in [6.45, 7) is 1.70. The molecule has 0 fully saturated rings. The lowest BCUT2D eigenvalue weighted by Gasteiger charge is -2.15. The van der Waals surface area contributed by atoms with Crippen LogP contribution in [0.5, 0.6) is 11.5 Å². The van der Waals surface area contributed by atoms with Crippen molar-refractivity contribution in [1.82, 2.24) is 9.78 Å². The van der Waals surface area contributed by atoms with Crippen molar-refractivity contribution in [1.29, 1.82) is 0 Å². The smallest absolute Gasteiger partial charge is 0.418 e. The molecule has 0 atom stereocenters. The third kappa shape index (κ3) is 4.91. The molecule has 158 valence electrons. The highest BCUT2D eigenvalue weighted by atomic mass is 19.4. The first kappa shape index (κ1) is 21.2. The SMILES string of the molecule is COc1ccccc1OCCC(=O)Nc1cc(C)nn1-c1ccccc1C(F)(F)F. The van der Waals surface area contributed by atoms with E-state index in [2.05, 4.69) is 10.4 Å². The van der Waals surface area contributed by atoms with E-state index in [4.69, 9.17) is 9.47 Å². The van der Waals surface area contributed by atoms with Gasteiger partial charge in [0.15, 0.2) is 11.5 Å². The maximum atomic E-state index is 13.4. The Morgan fingerprint density at radius 1 is 1.10 bits per heavy atom. The predicted molar refractivity (Wildman–Crippen MR) is 105 cm³/mol. The molecule has 9 heteroatoms. The van der Waals surface area contributed by atoms with E-state index in [1.807, 2.05) is 0 Å². The van der Waals surface area contributed by atoms with Crippen LogP contribution in [0.4, 0.5) is 19.0 Å². The van der Waals surface area contributed by atoms with Crippen molar-refractivity contribution in [2.24, 2.45) is 0 Å². The number of nitrogens with zero attached hydrogens (tertiary/aromatic N) is 2. The molecular formula is C21H20F3N3O3. The number of hydrogen-bond donors (Lipinski definition) is 1. The first-order valence-electron chi connectivity index (χ1n) is 9.08. The van der Waals surface area contributed by atoms with E-state index in [0.29, 0.717) is 17.2 Å².